The normalized spacial score (nSPS) is 12.0. The van der Waals surface area contributed by atoms with Gasteiger partial charge in [0, 0.05) is 69.5 Å². The van der Waals surface area contributed by atoms with Gasteiger partial charge in [-0.3, -0.25) is 15.0 Å². The fourth-order valence-electron chi connectivity index (χ4n) is 7.78. The van der Waals surface area contributed by atoms with Crippen molar-refractivity contribution in [2.24, 2.45) is 0 Å². The van der Waals surface area contributed by atoms with Crippen molar-refractivity contribution in [2.45, 2.75) is 12.9 Å². The van der Waals surface area contributed by atoms with Crippen LogP contribution in [0.4, 0.5) is 17.6 Å². The maximum absolute atomic E-state index is 14.8. The van der Waals surface area contributed by atoms with Crippen LogP contribution in [0.25, 0.3) is 88.8 Å². The molecule has 0 N–H and O–H groups in total. The molecule has 0 fully saturated rings. The van der Waals surface area contributed by atoms with Crippen LogP contribution in [0, 0.1) is 0 Å². The lowest BCUT2D eigenvalue weighted by Gasteiger charge is -2.17. The van der Waals surface area contributed by atoms with Crippen molar-refractivity contribution in [1.29, 1.82) is 0 Å². The van der Waals surface area contributed by atoms with Crippen molar-refractivity contribution in [2.75, 3.05) is 0 Å². The second kappa shape index (κ2) is 13.0. The first-order valence-electron chi connectivity index (χ1n) is 17.9. The van der Waals surface area contributed by atoms with E-state index in [1.807, 2.05) is 89.6 Å². The Hall–Kier alpha value is -7.20. The Morgan fingerprint density at radius 1 is 0.482 bits per heavy atom. The first-order valence-corrected chi connectivity index (χ1v) is 17.9. The molecule has 0 aliphatic carbocycles. The summed E-state index contributed by atoms with van der Waals surface area (Å²) in [6.07, 6.45) is 3.89. The predicted octanol–water partition coefficient (Wildman–Crippen LogP) is 12.0. The molecule has 0 amide bonds. The van der Waals surface area contributed by atoms with E-state index in [9.17, 15) is 17.6 Å². The van der Waals surface area contributed by atoms with Crippen LogP contribution in [0.2, 0.25) is 0 Å². The summed E-state index contributed by atoms with van der Waals surface area (Å²) in [5, 5.41) is 3.66. The van der Waals surface area contributed by atoms with Gasteiger partial charge in [-0.1, -0.05) is 42.5 Å². The highest BCUT2D eigenvalue weighted by Gasteiger charge is 2.32. The van der Waals surface area contributed by atoms with E-state index >= 15 is 0 Å². The number of hydrogen-bond donors (Lipinski definition) is 0. The van der Waals surface area contributed by atoms with Crippen LogP contribution in [0.1, 0.15) is 11.1 Å². The molecule has 0 aliphatic rings. The van der Waals surface area contributed by atoms with Crippen LogP contribution in [0.5, 0.6) is 0 Å². The average molecular weight is 741 g/mol. The molecule has 4 aromatic carbocycles. The molecule has 0 saturated carbocycles. The molecule has 6 nitrogen and oxygen atoms in total. The van der Waals surface area contributed by atoms with E-state index < -0.39 is 18.4 Å². The number of fused-ring (bicyclic) bond motifs is 6. The molecule has 10 aromatic rings. The van der Waals surface area contributed by atoms with Gasteiger partial charge in [0.05, 0.1) is 44.7 Å². The predicted molar refractivity (Wildman–Crippen MR) is 212 cm³/mol. The highest BCUT2D eigenvalue weighted by Crippen LogP contribution is 2.40. The molecule has 0 unspecified atom stereocenters. The maximum Gasteiger partial charge on any atom is 0.416 e. The average Bonchev–Trinajstić information content (AvgIpc) is 3.76. The Morgan fingerprint density at radius 3 is 1.68 bits per heavy atom. The summed E-state index contributed by atoms with van der Waals surface area (Å²) in [6, 6.07) is 37.9. The molecule has 270 valence electrons. The summed E-state index contributed by atoms with van der Waals surface area (Å²) in [5.74, 6) is 0. The van der Waals surface area contributed by atoms with Crippen LogP contribution in [0.3, 0.4) is 0 Å². The van der Waals surface area contributed by atoms with Crippen molar-refractivity contribution < 1.29 is 17.6 Å². The molecule has 0 radical (unpaired) electrons. The number of alkyl halides is 4. The SMILES string of the molecule is FCc1cc(-c2cc(-c3cc(-n4c5ccccc5c5cnccc54)cc(C(F)(F)F)c3)nc(-c3ccccn3)c2)cc(-n2c3ccccc3c3cnccc32)c1. The second-order valence-corrected chi connectivity index (χ2v) is 13.6. The van der Waals surface area contributed by atoms with Gasteiger partial charge >= 0.3 is 6.18 Å². The minimum absolute atomic E-state index is 0.255. The van der Waals surface area contributed by atoms with E-state index in [0.717, 1.165) is 61.4 Å². The monoisotopic (exact) mass is 740 g/mol. The van der Waals surface area contributed by atoms with E-state index in [0.29, 0.717) is 39.5 Å². The number of pyridine rings is 4. The molecule has 0 aliphatic heterocycles. The minimum Gasteiger partial charge on any atom is -0.309 e. The molecule has 56 heavy (non-hydrogen) atoms. The van der Waals surface area contributed by atoms with Gasteiger partial charge in [-0.15, -0.1) is 0 Å². The smallest absolute Gasteiger partial charge is 0.309 e. The van der Waals surface area contributed by atoms with Gasteiger partial charge in [-0.25, -0.2) is 9.37 Å². The van der Waals surface area contributed by atoms with Gasteiger partial charge in [0.1, 0.15) is 6.67 Å². The Morgan fingerprint density at radius 2 is 1.05 bits per heavy atom. The molecule has 10 heteroatoms. The van der Waals surface area contributed by atoms with Crippen molar-refractivity contribution in [3.8, 4) is 45.1 Å². The van der Waals surface area contributed by atoms with E-state index in [1.54, 1.807) is 61.2 Å². The Kier molecular flexibility index (Phi) is 7.74. The third kappa shape index (κ3) is 5.57. The zero-order valence-electron chi connectivity index (χ0n) is 29.4. The lowest BCUT2D eigenvalue weighted by Crippen LogP contribution is -2.07. The van der Waals surface area contributed by atoms with Crippen LogP contribution in [-0.4, -0.2) is 29.1 Å². The number of nitrogens with zero attached hydrogens (tertiary/aromatic N) is 6. The van der Waals surface area contributed by atoms with Gasteiger partial charge in [0.2, 0.25) is 0 Å². The largest absolute Gasteiger partial charge is 0.416 e. The third-order valence-electron chi connectivity index (χ3n) is 10.2. The quantitative estimate of drug-likeness (QED) is 0.159. The van der Waals surface area contributed by atoms with Gasteiger partial charge in [-0.2, -0.15) is 13.2 Å². The molecule has 0 saturated heterocycles. The maximum atomic E-state index is 14.8. The summed E-state index contributed by atoms with van der Waals surface area (Å²) < 4.78 is 63.1. The summed E-state index contributed by atoms with van der Waals surface area (Å²) in [7, 11) is 0. The van der Waals surface area contributed by atoms with Gasteiger partial charge in [0.15, 0.2) is 0 Å². The highest BCUT2D eigenvalue weighted by molar-refractivity contribution is 6.10. The van der Waals surface area contributed by atoms with Gasteiger partial charge in [0.25, 0.3) is 0 Å². The Bertz CT molecular complexity index is 3020. The van der Waals surface area contributed by atoms with E-state index in [2.05, 4.69) is 19.5 Å². The lowest BCUT2D eigenvalue weighted by atomic mass is 9.98. The van der Waals surface area contributed by atoms with E-state index in [4.69, 9.17) is 4.98 Å². The van der Waals surface area contributed by atoms with E-state index in [1.165, 1.54) is 0 Å². The number of benzene rings is 4. The number of para-hydroxylation sites is 2. The van der Waals surface area contributed by atoms with E-state index in [-0.39, 0.29) is 5.56 Å². The molecule has 0 spiro atoms. The molecule has 6 aromatic heterocycles. The second-order valence-electron chi connectivity index (χ2n) is 13.6. The number of halogens is 4. The van der Waals surface area contributed by atoms with Gasteiger partial charge in [-0.05, 0) is 102 Å². The Labute approximate surface area is 317 Å². The zero-order chi connectivity index (χ0) is 38.0. The van der Waals surface area contributed by atoms with Crippen LogP contribution in [-0.2, 0) is 12.9 Å². The summed E-state index contributed by atoms with van der Waals surface area (Å²) in [4.78, 5) is 18.1. The van der Waals surface area contributed by atoms with Crippen molar-refractivity contribution >= 4 is 43.6 Å². The lowest BCUT2D eigenvalue weighted by molar-refractivity contribution is -0.137. The third-order valence-corrected chi connectivity index (χ3v) is 10.2. The van der Waals surface area contributed by atoms with Crippen LogP contribution in [0.15, 0.2) is 158 Å². The molecule has 0 bridgehead atoms. The number of rotatable bonds is 6. The topological polar surface area (TPSA) is 61.4 Å². The van der Waals surface area contributed by atoms with Crippen LogP contribution >= 0.6 is 0 Å². The number of aromatic nitrogens is 6. The summed E-state index contributed by atoms with van der Waals surface area (Å²) in [5.41, 5.74) is 6.82. The fraction of sp³-hybridized carbons (Fsp3) is 0.0435. The first kappa shape index (κ1) is 33.4. The first-order chi connectivity index (χ1) is 27.3. The summed E-state index contributed by atoms with van der Waals surface area (Å²) >= 11 is 0. The fourth-order valence-corrected chi connectivity index (χ4v) is 7.78. The molecule has 6 heterocycles. The van der Waals surface area contributed by atoms with Crippen LogP contribution < -0.4 is 0 Å². The standard InChI is InChI=1S/C46H28F4N6/c47-25-28-17-29(20-33(18-28)55-42-10-3-1-7-35(42)37-26-51-15-12-44(37)55)30-22-40(54-41(23-30)39-9-5-6-14-53-39)31-19-32(46(48,49)50)24-34(21-31)56-43-11-4-2-8-36(43)38-27-52-16-13-45(38)56/h1-24,26-27H,25H2. The zero-order valence-corrected chi connectivity index (χ0v) is 29.4. The highest BCUT2D eigenvalue weighted by atomic mass is 19.4. The molecular formula is C46H28F4N6. The molecule has 0 atom stereocenters. The van der Waals surface area contributed by atoms with Crippen molar-refractivity contribution in [3.63, 3.8) is 0 Å². The number of hydrogen-bond acceptors (Lipinski definition) is 4. The van der Waals surface area contributed by atoms with Crippen molar-refractivity contribution in [1.82, 2.24) is 29.1 Å². The van der Waals surface area contributed by atoms with Crippen molar-refractivity contribution in [3.05, 3.63) is 170 Å². The molecular weight excluding hydrogens is 713 g/mol. The summed E-state index contributed by atoms with van der Waals surface area (Å²) in [6.45, 7) is -0.726. The minimum atomic E-state index is -4.66. The molecule has 10 rings (SSSR count). The van der Waals surface area contributed by atoms with Gasteiger partial charge < -0.3 is 9.13 Å². The Balaban J connectivity index is 1.22.